The second kappa shape index (κ2) is 4.95. The third-order valence-corrected chi connectivity index (χ3v) is 1.97. The molecule has 0 spiro atoms. The van der Waals surface area contributed by atoms with Crippen molar-refractivity contribution in [2.24, 2.45) is 5.73 Å². The first-order chi connectivity index (χ1) is 8.19. The molecule has 6 heteroatoms. The fourth-order valence-corrected chi connectivity index (χ4v) is 1.24. The molecule has 0 radical (unpaired) electrons. The van der Waals surface area contributed by atoms with Gasteiger partial charge in [-0.25, -0.2) is 4.79 Å². The lowest BCUT2D eigenvalue weighted by molar-refractivity contribution is 0.0636. The van der Waals surface area contributed by atoms with Crippen LogP contribution in [0.3, 0.4) is 0 Å². The van der Waals surface area contributed by atoms with Gasteiger partial charge in [-0.2, -0.15) is 0 Å². The number of amides is 2. The number of primary amides is 1. The van der Waals surface area contributed by atoms with Crippen LogP contribution in [0.25, 0.3) is 0 Å². The van der Waals surface area contributed by atoms with Crippen LogP contribution in [0, 0.1) is 0 Å². The molecule has 0 saturated carbocycles. The summed E-state index contributed by atoms with van der Waals surface area (Å²) >= 11 is 0. The highest BCUT2D eigenvalue weighted by atomic mass is 16.6. The second-order valence-electron chi connectivity index (χ2n) is 4.79. The minimum atomic E-state index is -0.610. The Labute approximate surface area is 105 Å². The minimum Gasteiger partial charge on any atom is -0.444 e. The maximum absolute atomic E-state index is 11.5. The van der Waals surface area contributed by atoms with Crippen molar-refractivity contribution in [2.45, 2.75) is 26.4 Å². The molecule has 5 N–H and O–H groups in total. The zero-order valence-electron chi connectivity index (χ0n) is 10.6. The lowest BCUT2D eigenvalue weighted by Gasteiger charge is -2.20. The normalized spacial score (nSPS) is 10.8. The fourth-order valence-electron chi connectivity index (χ4n) is 1.24. The van der Waals surface area contributed by atoms with E-state index in [9.17, 15) is 9.59 Å². The van der Waals surface area contributed by atoms with Crippen LogP contribution in [0.15, 0.2) is 18.2 Å². The maximum atomic E-state index is 11.5. The van der Waals surface area contributed by atoms with Gasteiger partial charge in [0.2, 0.25) is 5.91 Å². The molecule has 1 aromatic rings. The van der Waals surface area contributed by atoms with Gasteiger partial charge >= 0.3 is 6.09 Å². The van der Waals surface area contributed by atoms with Gasteiger partial charge in [0, 0.05) is 5.56 Å². The molecule has 0 fully saturated rings. The van der Waals surface area contributed by atoms with Gasteiger partial charge in [0.15, 0.2) is 0 Å². The second-order valence-corrected chi connectivity index (χ2v) is 4.79. The Morgan fingerprint density at radius 1 is 1.28 bits per heavy atom. The molecule has 6 nitrogen and oxygen atoms in total. The number of nitrogens with two attached hydrogens (primary N) is 2. The number of nitrogens with one attached hydrogen (secondary N) is 1. The topological polar surface area (TPSA) is 107 Å². The molecule has 18 heavy (non-hydrogen) atoms. The smallest absolute Gasteiger partial charge is 0.412 e. The van der Waals surface area contributed by atoms with Gasteiger partial charge in [-0.1, -0.05) is 0 Å². The molecule has 0 aromatic heterocycles. The third-order valence-electron chi connectivity index (χ3n) is 1.97. The first kappa shape index (κ1) is 13.8. The van der Waals surface area contributed by atoms with Gasteiger partial charge in [-0.3, -0.25) is 10.1 Å². The Bertz CT molecular complexity index is 478. The van der Waals surface area contributed by atoms with E-state index in [1.807, 2.05) is 0 Å². The Morgan fingerprint density at radius 2 is 1.89 bits per heavy atom. The van der Waals surface area contributed by atoms with Crippen LogP contribution in [-0.2, 0) is 4.74 Å². The van der Waals surface area contributed by atoms with Gasteiger partial charge in [0.25, 0.3) is 0 Å². The molecule has 0 heterocycles. The first-order valence-electron chi connectivity index (χ1n) is 5.38. The predicted molar refractivity (Wildman–Crippen MR) is 69.2 cm³/mol. The van der Waals surface area contributed by atoms with Crippen LogP contribution in [0.4, 0.5) is 16.2 Å². The molecule has 0 aliphatic rings. The molecule has 2 amide bonds. The van der Waals surface area contributed by atoms with Crippen molar-refractivity contribution < 1.29 is 14.3 Å². The number of nitrogen functional groups attached to an aromatic ring is 1. The van der Waals surface area contributed by atoms with E-state index >= 15 is 0 Å². The number of hydrogen-bond donors (Lipinski definition) is 3. The van der Waals surface area contributed by atoms with Crippen LogP contribution >= 0.6 is 0 Å². The molecule has 98 valence electrons. The monoisotopic (exact) mass is 251 g/mol. The molecule has 0 bridgehead atoms. The zero-order chi connectivity index (χ0) is 13.9. The summed E-state index contributed by atoms with van der Waals surface area (Å²) in [5, 5.41) is 2.49. The van der Waals surface area contributed by atoms with E-state index in [1.165, 1.54) is 18.2 Å². The number of anilines is 2. The highest BCUT2D eigenvalue weighted by Gasteiger charge is 2.17. The third kappa shape index (κ3) is 3.97. The molecule has 0 aliphatic carbocycles. The largest absolute Gasteiger partial charge is 0.444 e. The number of carbonyl (C=O) groups is 2. The minimum absolute atomic E-state index is 0.247. The molecule has 0 unspecified atom stereocenters. The Morgan fingerprint density at radius 3 is 2.33 bits per heavy atom. The molecule has 0 saturated heterocycles. The highest BCUT2D eigenvalue weighted by molar-refractivity contribution is 5.96. The summed E-state index contributed by atoms with van der Waals surface area (Å²) in [7, 11) is 0. The lowest BCUT2D eigenvalue weighted by atomic mass is 10.1. The van der Waals surface area contributed by atoms with E-state index in [0.717, 1.165) is 0 Å². The predicted octanol–water partition coefficient (Wildman–Crippen LogP) is 1.71. The van der Waals surface area contributed by atoms with Crippen molar-refractivity contribution in [1.82, 2.24) is 0 Å². The van der Waals surface area contributed by atoms with Crippen molar-refractivity contribution in [2.75, 3.05) is 11.1 Å². The number of benzene rings is 1. The highest BCUT2D eigenvalue weighted by Crippen LogP contribution is 2.20. The number of carbonyl (C=O) groups excluding carboxylic acids is 2. The van der Waals surface area contributed by atoms with E-state index in [0.29, 0.717) is 5.69 Å². The van der Waals surface area contributed by atoms with E-state index in [2.05, 4.69) is 5.32 Å². The molecule has 1 aromatic carbocycles. The van der Waals surface area contributed by atoms with Crippen LogP contribution in [0.1, 0.15) is 31.1 Å². The summed E-state index contributed by atoms with van der Waals surface area (Å²) in [5.41, 5.74) is 11.1. The summed E-state index contributed by atoms with van der Waals surface area (Å²) in [5.74, 6) is -0.578. The van der Waals surface area contributed by atoms with Crippen LogP contribution in [0.5, 0.6) is 0 Å². The van der Waals surface area contributed by atoms with Crippen molar-refractivity contribution in [3.63, 3.8) is 0 Å². The average Bonchev–Trinajstić information content (AvgIpc) is 2.17. The van der Waals surface area contributed by atoms with Crippen LogP contribution in [0.2, 0.25) is 0 Å². The van der Waals surface area contributed by atoms with E-state index < -0.39 is 17.6 Å². The summed E-state index contributed by atoms with van der Waals surface area (Å²) in [6.45, 7) is 5.27. The van der Waals surface area contributed by atoms with Crippen LogP contribution in [-0.4, -0.2) is 17.6 Å². The van der Waals surface area contributed by atoms with Gasteiger partial charge in [0.05, 0.1) is 11.4 Å². The van der Waals surface area contributed by atoms with Gasteiger partial charge in [0.1, 0.15) is 5.60 Å². The number of rotatable bonds is 2. The van der Waals surface area contributed by atoms with Crippen LogP contribution < -0.4 is 16.8 Å². The van der Waals surface area contributed by atoms with E-state index in [-0.39, 0.29) is 11.3 Å². The fraction of sp³-hybridized carbons (Fsp3) is 0.333. The lowest BCUT2D eigenvalue weighted by Crippen LogP contribution is -2.27. The number of ether oxygens (including phenoxy) is 1. The van der Waals surface area contributed by atoms with Crippen molar-refractivity contribution >= 4 is 23.4 Å². The van der Waals surface area contributed by atoms with E-state index in [1.54, 1.807) is 20.8 Å². The molecule has 0 atom stereocenters. The Kier molecular flexibility index (Phi) is 3.80. The average molecular weight is 251 g/mol. The number of hydrogen-bond acceptors (Lipinski definition) is 4. The summed E-state index contributed by atoms with van der Waals surface area (Å²) < 4.78 is 5.08. The SMILES string of the molecule is CC(C)(C)OC(=O)Nc1ccc(C(N)=O)cc1N. The van der Waals surface area contributed by atoms with Gasteiger partial charge in [-0.05, 0) is 39.0 Å². The maximum Gasteiger partial charge on any atom is 0.412 e. The Balaban J connectivity index is 2.80. The summed E-state index contributed by atoms with van der Waals surface area (Å²) in [6, 6.07) is 4.37. The summed E-state index contributed by atoms with van der Waals surface area (Å²) in [6.07, 6.45) is -0.610. The standard InChI is InChI=1S/C12H17N3O3/c1-12(2,3)18-11(17)15-9-5-4-7(10(14)16)6-8(9)13/h4-6H,13H2,1-3H3,(H2,14,16)(H,15,17). The molecular weight excluding hydrogens is 234 g/mol. The molecular formula is C12H17N3O3. The first-order valence-corrected chi connectivity index (χ1v) is 5.38. The van der Waals surface area contributed by atoms with Crippen molar-refractivity contribution in [3.8, 4) is 0 Å². The van der Waals surface area contributed by atoms with Crippen molar-refractivity contribution in [3.05, 3.63) is 23.8 Å². The molecule has 0 aliphatic heterocycles. The van der Waals surface area contributed by atoms with Gasteiger partial charge in [-0.15, -0.1) is 0 Å². The quantitative estimate of drug-likeness (QED) is 0.695. The summed E-state index contributed by atoms with van der Waals surface area (Å²) in [4.78, 5) is 22.4. The Hall–Kier alpha value is -2.24. The van der Waals surface area contributed by atoms with Crippen molar-refractivity contribution in [1.29, 1.82) is 0 Å². The van der Waals surface area contributed by atoms with Gasteiger partial charge < -0.3 is 16.2 Å². The van der Waals surface area contributed by atoms with E-state index in [4.69, 9.17) is 16.2 Å². The zero-order valence-corrected chi connectivity index (χ0v) is 10.6. The molecule has 1 rings (SSSR count).